The minimum absolute atomic E-state index is 0.0621. The molecule has 1 saturated heterocycles. The molecule has 0 aliphatic carbocycles. The van der Waals surface area contributed by atoms with Gasteiger partial charge in [-0.2, -0.15) is 0 Å². The summed E-state index contributed by atoms with van der Waals surface area (Å²) in [6, 6.07) is 5.93. The van der Waals surface area contributed by atoms with Crippen molar-refractivity contribution in [3.63, 3.8) is 0 Å². The molecule has 1 aromatic rings. The first-order chi connectivity index (χ1) is 8.20. The molecule has 17 heavy (non-hydrogen) atoms. The van der Waals surface area contributed by atoms with Gasteiger partial charge in [0.25, 0.3) is 0 Å². The second-order valence-corrected chi connectivity index (χ2v) is 4.39. The van der Waals surface area contributed by atoms with Crippen molar-refractivity contribution < 1.29 is 9.90 Å². The number of benzene rings is 1. The molecule has 1 aliphatic heterocycles. The zero-order chi connectivity index (χ0) is 12.3. The van der Waals surface area contributed by atoms with Crippen LogP contribution in [0.25, 0.3) is 0 Å². The number of nitrogens with one attached hydrogen (secondary N) is 1. The van der Waals surface area contributed by atoms with Gasteiger partial charge in [0.1, 0.15) is 0 Å². The van der Waals surface area contributed by atoms with Gasteiger partial charge < -0.3 is 15.3 Å². The van der Waals surface area contributed by atoms with Crippen molar-refractivity contribution in [1.29, 1.82) is 0 Å². The van der Waals surface area contributed by atoms with E-state index in [1.807, 2.05) is 25.1 Å². The van der Waals surface area contributed by atoms with Crippen LogP contribution < -0.4 is 10.2 Å². The van der Waals surface area contributed by atoms with E-state index >= 15 is 0 Å². The predicted octanol–water partition coefficient (Wildman–Crippen LogP) is 0.814. The molecular weight excluding hydrogens is 216 g/mol. The molecule has 4 heteroatoms. The van der Waals surface area contributed by atoms with Gasteiger partial charge in [0, 0.05) is 18.8 Å². The van der Waals surface area contributed by atoms with Crippen LogP contribution in [0.4, 0.5) is 5.69 Å². The van der Waals surface area contributed by atoms with E-state index in [9.17, 15) is 4.79 Å². The summed E-state index contributed by atoms with van der Waals surface area (Å²) in [4.78, 5) is 13.6. The Morgan fingerprint density at radius 1 is 1.47 bits per heavy atom. The first kappa shape index (κ1) is 11.9. The molecule has 0 saturated carbocycles. The molecule has 92 valence electrons. The molecule has 0 aromatic heterocycles. The van der Waals surface area contributed by atoms with Gasteiger partial charge in [0.05, 0.1) is 13.2 Å². The van der Waals surface area contributed by atoms with Crippen molar-refractivity contribution in [2.45, 2.75) is 20.0 Å². The summed E-state index contributed by atoms with van der Waals surface area (Å²) in [5.41, 5.74) is 3.06. The van der Waals surface area contributed by atoms with Crippen molar-refractivity contribution in [3.05, 3.63) is 29.3 Å². The molecule has 1 aromatic carbocycles. The van der Waals surface area contributed by atoms with Gasteiger partial charge in [-0.3, -0.25) is 4.79 Å². The fraction of sp³-hybridized carbons (Fsp3) is 0.462. The minimum atomic E-state index is 0.0621. The normalized spacial score (nSPS) is 16.6. The van der Waals surface area contributed by atoms with Crippen molar-refractivity contribution in [1.82, 2.24) is 5.32 Å². The summed E-state index contributed by atoms with van der Waals surface area (Å²) >= 11 is 0. The largest absolute Gasteiger partial charge is 0.392 e. The number of aryl methyl sites for hydroxylation is 1. The van der Waals surface area contributed by atoms with Crippen molar-refractivity contribution in [2.75, 3.05) is 24.5 Å². The molecule has 0 bridgehead atoms. The molecule has 1 aliphatic rings. The zero-order valence-corrected chi connectivity index (χ0v) is 10.1. The van der Waals surface area contributed by atoms with Crippen LogP contribution >= 0.6 is 0 Å². The smallest absolute Gasteiger partial charge is 0.239 e. The number of anilines is 1. The summed E-state index contributed by atoms with van der Waals surface area (Å²) in [5, 5.41) is 12.0. The number of rotatable bonds is 2. The molecular formula is C13H18N2O2. The highest BCUT2D eigenvalue weighted by molar-refractivity contribution is 5.81. The Morgan fingerprint density at radius 2 is 2.29 bits per heavy atom. The molecule has 2 N–H and O–H groups in total. The lowest BCUT2D eigenvalue weighted by molar-refractivity contribution is -0.119. The Balaban J connectivity index is 2.20. The number of amides is 1. The van der Waals surface area contributed by atoms with E-state index in [-0.39, 0.29) is 12.5 Å². The number of hydrogen-bond acceptors (Lipinski definition) is 3. The average Bonchev–Trinajstić information content (AvgIpc) is 2.54. The lowest BCUT2D eigenvalue weighted by Crippen LogP contribution is -2.33. The van der Waals surface area contributed by atoms with Crippen LogP contribution in [0.1, 0.15) is 17.5 Å². The summed E-state index contributed by atoms with van der Waals surface area (Å²) in [6.45, 7) is 4.09. The Bertz CT molecular complexity index is 418. The van der Waals surface area contributed by atoms with E-state index in [0.717, 1.165) is 36.3 Å². The Labute approximate surface area is 101 Å². The van der Waals surface area contributed by atoms with Crippen LogP contribution in [0.3, 0.4) is 0 Å². The lowest BCUT2D eigenvalue weighted by Gasteiger charge is -2.22. The van der Waals surface area contributed by atoms with Crippen LogP contribution in [-0.4, -0.2) is 30.6 Å². The average molecular weight is 234 g/mol. The van der Waals surface area contributed by atoms with E-state index in [1.54, 1.807) is 0 Å². The van der Waals surface area contributed by atoms with Crippen molar-refractivity contribution in [3.8, 4) is 0 Å². The molecule has 4 nitrogen and oxygen atoms in total. The van der Waals surface area contributed by atoms with Crippen LogP contribution in [0.2, 0.25) is 0 Å². The van der Waals surface area contributed by atoms with Crippen LogP contribution in [0, 0.1) is 6.92 Å². The zero-order valence-electron chi connectivity index (χ0n) is 10.1. The monoisotopic (exact) mass is 234 g/mol. The standard InChI is InChI=1S/C13H18N2O2/c1-10-7-12(4-3-11(10)9-16)15-6-2-5-14-13(17)8-15/h3-4,7,16H,2,5-6,8-9H2,1H3,(H,14,17). The van der Waals surface area contributed by atoms with E-state index in [1.165, 1.54) is 0 Å². The van der Waals surface area contributed by atoms with Crippen molar-refractivity contribution in [2.24, 2.45) is 0 Å². The van der Waals surface area contributed by atoms with Crippen LogP contribution in [0.5, 0.6) is 0 Å². The maximum absolute atomic E-state index is 11.5. The SMILES string of the molecule is Cc1cc(N2CCCNC(=O)C2)ccc1CO. The molecule has 1 fully saturated rings. The third-order valence-corrected chi connectivity index (χ3v) is 3.12. The van der Waals surface area contributed by atoms with E-state index in [4.69, 9.17) is 5.11 Å². The van der Waals surface area contributed by atoms with Gasteiger partial charge in [-0.1, -0.05) is 6.07 Å². The number of nitrogens with zero attached hydrogens (tertiary/aromatic N) is 1. The summed E-state index contributed by atoms with van der Waals surface area (Å²) in [7, 11) is 0. The summed E-state index contributed by atoms with van der Waals surface area (Å²) < 4.78 is 0. The topological polar surface area (TPSA) is 52.6 Å². The van der Waals surface area contributed by atoms with Gasteiger partial charge in [-0.15, -0.1) is 0 Å². The van der Waals surface area contributed by atoms with Gasteiger partial charge in [-0.25, -0.2) is 0 Å². The predicted molar refractivity (Wildman–Crippen MR) is 66.9 cm³/mol. The molecule has 0 atom stereocenters. The highest BCUT2D eigenvalue weighted by Gasteiger charge is 2.15. The molecule has 0 unspecified atom stereocenters. The molecule has 0 spiro atoms. The van der Waals surface area contributed by atoms with Gasteiger partial charge in [0.15, 0.2) is 0 Å². The highest BCUT2D eigenvalue weighted by atomic mass is 16.3. The number of carbonyl (C=O) groups is 1. The first-order valence-corrected chi connectivity index (χ1v) is 5.93. The second kappa shape index (κ2) is 5.19. The van der Waals surface area contributed by atoms with Gasteiger partial charge in [-0.05, 0) is 36.6 Å². The first-order valence-electron chi connectivity index (χ1n) is 5.93. The summed E-state index contributed by atoms with van der Waals surface area (Å²) in [5.74, 6) is 0.0754. The second-order valence-electron chi connectivity index (χ2n) is 4.39. The summed E-state index contributed by atoms with van der Waals surface area (Å²) in [6.07, 6.45) is 0.965. The molecule has 1 amide bonds. The fourth-order valence-corrected chi connectivity index (χ4v) is 2.08. The Hall–Kier alpha value is -1.55. The third-order valence-electron chi connectivity index (χ3n) is 3.12. The highest BCUT2D eigenvalue weighted by Crippen LogP contribution is 2.20. The maximum atomic E-state index is 11.5. The van der Waals surface area contributed by atoms with Gasteiger partial charge in [0.2, 0.25) is 5.91 Å². The van der Waals surface area contributed by atoms with E-state index < -0.39 is 0 Å². The van der Waals surface area contributed by atoms with Crippen LogP contribution in [-0.2, 0) is 11.4 Å². The minimum Gasteiger partial charge on any atom is -0.392 e. The molecule has 0 radical (unpaired) electrons. The van der Waals surface area contributed by atoms with Crippen LogP contribution in [0.15, 0.2) is 18.2 Å². The Kier molecular flexibility index (Phi) is 3.64. The number of carbonyl (C=O) groups excluding carboxylic acids is 1. The van der Waals surface area contributed by atoms with E-state index in [2.05, 4.69) is 10.2 Å². The quantitative estimate of drug-likeness (QED) is 0.796. The Morgan fingerprint density at radius 3 is 3.00 bits per heavy atom. The van der Waals surface area contributed by atoms with Crippen molar-refractivity contribution >= 4 is 11.6 Å². The number of hydrogen-bond donors (Lipinski definition) is 2. The van der Waals surface area contributed by atoms with Gasteiger partial charge >= 0.3 is 0 Å². The molecule has 1 heterocycles. The lowest BCUT2D eigenvalue weighted by atomic mass is 10.1. The maximum Gasteiger partial charge on any atom is 0.239 e. The van der Waals surface area contributed by atoms with E-state index in [0.29, 0.717) is 6.54 Å². The number of aliphatic hydroxyl groups is 1. The molecule has 2 rings (SSSR count). The third kappa shape index (κ3) is 2.77. The fourth-order valence-electron chi connectivity index (χ4n) is 2.08. The number of aliphatic hydroxyl groups excluding tert-OH is 1.